The number of pyridine rings is 1. The Morgan fingerprint density at radius 2 is 1.93 bits per heavy atom. The highest BCUT2D eigenvalue weighted by atomic mass is 32.1. The molecule has 8 heteroatoms. The highest BCUT2D eigenvalue weighted by Crippen LogP contribution is 2.34. The SMILES string of the molecule is Cc1ccc2sc(N(Cc3cccnc3)C(=O)c3ccccc3[N+](=O)[O-])nc2c1C. The number of carbonyl (C=O) groups excluding carboxylic acids is 1. The number of nitrogens with zero attached hydrogens (tertiary/aromatic N) is 4. The Morgan fingerprint density at radius 1 is 1.13 bits per heavy atom. The fourth-order valence-electron chi connectivity index (χ4n) is 3.19. The van der Waals surface area contributed by atoms with Crippen LogP contribution in [0.4, 0.5) is 10.8 Å². The molecule has 150 valence electrons. The molecule has 4 aromatic rings. The number of aromatic nitrogens is 2. The fourth-order valence-corrected chi connectivity index (χ4v) is 4.21. The van der Waals surface area contributed by atoms with Gasteiger partial charge in [0, 0.05) is 18.5 Å². The summed E-state index contributed by atoms with van der Waals surface area (Å²) in [6, 6.07) is 13.6. The first-order valence-electron chi connectivity index (χ1n) is 9.26. The Hall–Kier alpha value is -3.65. The molecular formula is C22H18N4O3S. The third kappa shape index (κ3) is 3.65. The van der Waals surface area contributed by atoms with Crippen molar-refractivity contribution in [1.29, 1.82) is 0 Å². The molecule has 0 aliphatic rings. The van der Waals surface area contributed by atoms with Crippen LogP contribution < -0.4 is 4.90 Å². The summed E-state index contributed by atoms with van der Waals surface area (Å²) in [4.78, 5) is 34.7. The van der Waals surface area contributed by atoms with Crippen LogP contribution in [0.3, 0.4) is 0 Å². The van der Waals surface area contributed by atoms with Crippen LogP contribution in [0.15, 0.2) is 60.9 Å². The second-order valence-corrected chi connectivity index (χ2v) is 7.89. The first-order chi connectivity index (χ1) is 14.5. The molecule has 2 aromatic carbocycles. The van der Waals surface area contributed by atoms with Gasteiger partial charge in [0.05, 0.1) is 21.7 Å². The fraction of sp³-hybridized carbons (Fsp3) is 0.136. The van der Waals surface area contributed by atoms with Crippen LogP contribution in [0.1, 0.15) is 27.0 Å². The molecule has 30 heavy (non-hydrogen) atoms. The molecule has 0 bridgehead atoms. The maximum atomic E-state index is 13.5. The molecule has 2 heterocycles. The number of hydrogen-bond donors (Lipinski definition) is 0. The lowest BCUT2D eigenvalue weighted by molar-refractivity contribution is -0.385. The number of anilines is 1. The third-order valence-corrected chi connectivity index (χ3v) is 5.99. The largest absolute Gasteiger partial charge is 0.282 e. The average Bonchev–Trinajstić information content (AvgIpc) is 3.19. The van der Waals surface area contributed by atoms with E-state index in [1.54, 1.807) is 30.6 Å². The number of nitro groups is 1. The molecule has 4 rings (SSSR count). The molecule has 0 aliphatic carbocycles. The van der Waals surface area contributed by atoms with Gasteiger partial charge in [-0.15, -0.1) is 0 Å². The van der Waals surface area contributed by atoms with Crippen molar-refractivity contribution in [3.8, 4) is 0 Å². The van der Waals surface area contributed by atoms with E-state index in [1.165, 1.54) is 28.4 Å². The summed E-state index contributed by atoms with van der Waals surface area (Å²) < 4.78 is 0.958. The minimum atomic E-state index is -0.540. The zero-order valence-corrected chi connectivity index (χ0v) is 17.2. The molecular weight excluding hydrogens is 400 g/mol. The predicted octanol–water partition coefficient (Wildman–Crippen LogP) is 5.06. The van der Waals surface area contributed by atoms with Crippen LogP contribution in [0.25, 0.3) is 10.2 Å². The van der Waals surface area contributed by atoms with Crippen molar-refractivity contribution in [1.82, 2.24) is 9.97 Å². The normalized spacial score (nSPS) is 10.9. The Balaban J connectivity index is 1.84. The van der Waals surface area contributed by atoms with Crippen LogP contribution in [0.2, 0.25) is 0 Å². The van der Waals surface area contributed by atoms with E-state index in [0.29, 0.717) is 5.13 Å². The van der Waals surface area contributed by atoms with Gasteiger partial charge in [-0.3, -0.25) is 24.8 Å². The van der Waals surface area contributed by atoms with Gasteiger partial charge < -0.3 is 0 Å². The molecule has 0 spiro atoms. The van der Waals surface area contributed by atoms with Gasteiger partial charge in [0.1, 0.15) is 5.56 Å². The van der Waals surface area contributed by atoms with Gasteiger partial charge in [0.2, 0.25) is 0 Å². The molecule has 0 saturated carbocycles. The van der Waals surface area contributed by atoms with Gasteiger partial charge in [0.25, 0.3) is 11.6 Å². The van der Waals surface area contributed by atoms with Crippen LogP contribution in [0.5, 0.6) is 0 Å². The Morgan fingerprint density at radius 3 is 2.67 bits per heavy atom. The molecule has 0 atom stereocenters. The summed E-state index contributed by atoms with van der Waals surface area (Å²) in [6.45, 7) is 4.22. The number of fused-ring (bicyclic) bond motifs is 1. The van der Waals surface area contributed by atoms with E-state index in [0.717, 1.165) is 26.9 Å². The number of para-hydroxylation sites is 1. The number of amides is 1. The Labute approximate surface area is 176 Å². The topological polar surface area (TPSA) is 89.2 Å². The van der Waals surface area contributed by atoms with Crippen LogP contribution >= 0.6 is 11.3 Å². The maximum Gasteiger partial charge on any atom is 0.282 e. The van der Waals surface area contributed by atoms with Crippen LogP contribution in [-0.2, 0) is 6.54 Å². The number of nitro benzene ring substituents is 1. The van der Waals surface area contributed by atoms with E-state index in [2.05, 4.69) is 4.98 Å². The number of thiazole rings is 1. The summed E-state index contributed by atoms with van der Waals surface area (Å²) in [6.07, 6.45) is 3.32. The van der Waals surface area contributed by atoms with Crippen LogP contribution in [0, 0.1) is 24.0 Å². The Kier molecular flexibility index (Phi) is 5.24. The van der Waals surface area contributed by atoms with E-state index in [9.17, 15) is 14.9 Å². The zero-order valence-electron chi connectivity index (χ0n) is 16.4. The van der Waals surface area contributed by atoms with Gasteiger partial charge in [-0.1, -0.05) is 35.6 Å². The van der Waals surface area contributed by atoms with E-state index >= 15 is 0 Å². The molecule has 2 aromatic heterocycles. The van der Waals surface area contributed by atoms with Crippen molar-refractivity contribution in [3.05, 3.63) is 93.3 Å². The zero-order chi connectivity index (χ0) is 21.3. The maximum absolute atomic E-state index is 13.5. The van der Waals surface area contributed by atoms with E-state index in [4.69, 9.17) is 4.98 Å². The highest BCUT2D eigenvalue weighted by Gasteiger charge is 2.28. The van der Waals surface area contributed by atoms with Crippen LogP contribution in [-0.4, -0.2) is 20.8 Å². The lowest BCUT2D eigenvalue weighted by Gasteiger charge is -2.20. The standard InChI is InChI=1S/C22H18N4O3S/c1-14-9-10-19-20(15(14)2)24-22(30-19)25(13-16-6-5-11-23-12-16)21(27)17-7-3-4-8-18(17)26(28)29/h3-12H,13H2,1-2H3. The summed E-state index contributed by atoms with van der Waals surface area (Å²) in [5.74, 6) is -0.473. The molecule has 0 aliphatic heterocycles. The third-order valence-electron chi connectivity index (χ3n) is 4.94. The molecule has 1 amide bonds. The van der Waals surface area contributed by atoms with Crippen molar-refractivity contribution in [2.75, 3.05) is 4.90 Å². The molecule has 0 N–H and O–H groups in total. The molecule has 0 saturated heterocycles. The van der Waals surface area contributed by atoms with Gasteiger partial charge in [-0.2, -0.15) is 0 Å². The number of hydrogen-bond acceptors (Lipinski definition) is 6. The molecule has 7 nitrogen and oxygen atoms in total. The van der Waals surface area contributed by atoms with Gasteiger partial charge in [-0.05, 0) is 48.7 Å². The van der Waals surface area contributed by atoms with Crippen molar-refractivity contribution in [3.63, 3.8) is 0 Å². The summed E-state index contributed by atoms with van der Waals surface area (Å²) in [5, 5.41) is 12.0. The predicted molar refractivity (Wildman–Crippen MR) is 117 cm³/mol. The molecule has 0 radical (unpaired) electrons. The van der Waals surface area contributed by atoms with E-state index in [-0.39, 0.29) is 17.8 Å². The number of carbonyl (C=O) groups is 1. The first kappa shape index (κ1) is 19.7. The van der Waals surface area contributed by atoms with Crippen molar-refractivity contribution < 1.29 is 9.72 Å². The monoisotopic (exact) mass is 418 g/mol. The number of benzene rings is 2. The van der Waals surface area contributed by atoms with Gasteiger partial charge in [0.15, 0.2) is 5.13 Å². The second-order valence-electron chi connectivity index (χ2n) is 6.88. The van der Waals surface area contributed by atoms with Crippen molar-refractivity contribution in [2.45, 2.75) is 20.4 Å². The van der Waals surface area contributed by atoms with Crippen molar-refractivity contribution >= 4 is 38.3 Å². The lowest BCUT2D eigenvalue weighted by Crippen LogP contribution is -2.31. The first-order valence-corrected chi connectivity index (χ1v) is 10.1. The number of rotatable bonds is 5. The minimum Gasteiger partial charge on any atom is -0.279 e. The highest BCUT2D eigenvalue weighted by molar-refractivity contribution is 7.22. The molecule has 0 fully saturated rings. The quantitative estimate of drug-likeness (QED) is 0.334. The lowest BCUT2D eigenvalue weighted by atomic mass is 10.1. The van der Waals surface area contributed by atoms with Gasteiger partial charge in [-0.25, -0.2) is 4.98 Å². The summed E-state index contributed by atoms with van der Waals surface area (Å²) in [7, 11) is 0. The Bertz CT molecular complexity index is 1250. The van der Waals surface area contributed by atoms with E-state index in [1.807, 2.05) is 32.0 Å². The molecule has 0 unspecified atom stereocenters. The second kappa shape index (κ2) is 8.00. The minimum absolute atomic E-state index is 0.0264. The average molecular weight is 418 g/mol. The summed E-state index contributed by atoms with van der Waals surface area (Å²) >= 11 is 1.39. The van der Waals surface area contributed by atoms with Gasteiger partial charge >= 0.3 is 0 Å². The number of aryl methyl sites for hydroxylation is 2. The van der Waals surface area contributed by atoms with Crippen molar-refractivity contribution in [2.24, 2.45) is 0 Å². The smallest absolute Gasteiger partial charge is 0.279 e. The summed E-state index contributed by atoms with van der Waals surface area (Å²) in [5.41, 5.74) is 3.60. The van der Waals surface area contributed by atoms with E-state index < -0.39 is 10.8 Å².